The van der Waals surface area contributed by atoms with Crippen molar-refractivity contribution in [3.8, 4) is 0 Å². The number of hydrogen-bond acceptors (Lipinski definition) is 2. The predicted molar refractivity (Wildman–Crippen MR) is 41.4 cm³/mol. The van der Waals surface area contributed by atoms with E-state index in [0.29, 0.717) is 0 Å². The topological polar surface area (TPSA) is 26.3 Å². The van der Waals surface area contributed by atoms with Crippen molar-refractivity contribution in [2.75, 3.05) is 0 Å². The number of alkyl halides is 6. The van der Waals surface area contributed by atoms with E-state index < -0.39 is 29.8 Å². The SMILES string of the molecule is CC(C)OC(=O)C(C)(C(F)(F)F)C(F)(F)F. The van der Waals surface area contributed by atoms with Crippen LogP contribution >= 0.6 is 0 Å². The lowest BCUT2D eigenvalue weighted by molar-refractivity contribution is -0.327. The molecule has 0 atom stereocenters. The van der Waals surface area contributed by atoms with Gasteiger partial charge >= 0.3 is 18.3 Å². The number of ether oxygens (including phenoxy) is 1. The lowest BCUT2D eigenvalue weighted by Gasteiger charge is -2.32. The molecule has 0 N–H and O–H groups in total. The highest BCUT2D eigenvalue weighted by Gasteiger charge is 2.73. The monoisotopic (exact) mass is 252 g/mol. The zero-order valence-corrected chi connectivity index (χ0v) is 8.66. The van der Waals surface area contributed by atoms with Crippen LogP contribution < -0.4 is 0 Å². The van der Waals surface area contributed by atoms with Crippen molar-refractivity contribution in [2.45, 2.75) is 39.2 Å². The summed E-state index contributed by atoms with van der Waals surface area (Å²) < 4.78 is 77.7. The van der Waals surface area contributed by atoms with Gasteiger partial charge in [-0.3, -0.25) is 4.79 Å². The lowest BCUT2D eigenvalue weighted by Crippen LogP contribution is -2.54. The lowest BCUT2D eigenvalue weighted by atomic mass is 9.89. The predicted octanol–water partition coefficient (Wildman–Crippen LogP) is 3.07. The fourth-order valence-electron chi connectivity index (χ4n) is 0.724. The van der Waals surface area contributed by atoms with Crippen molar-refractivity contribution in [3.63, 3.8) is 0 Å². The Hall–Kier alpha value is -0.950. The number of rotatable bonds is 2. The fraction of sp³-hybridized carbons (Fsp3) is 0.875. The molecule has 16 heavy (non-hydrogen) atoms. The van der Waals surface area contributed by atoms with Crippen LogP contribution in [0.3, 0.4) is 0 Å². The van der Waals surface area contributed by atoms with E-state index in [1.54, 1.807) is 0 Å². The molecule has 0 aromatic carbocycles. The second-order valence-corrected chi connectivity index (χ2v) is 3.57. The highest BCUT2D eigenvalue weighted by Crippen LogP contribution is 2.50. The molecular weight excluding hydrogens is 242 g/mol. The van der Waals surface area contributed by atoms with Gasteiger partial charge in [0.15, 0.2) is 0 Å². The Morgan fingerprint density at radius 3 is 1.50 bits per heavy atom. The summed E-state index contributed by atoms with van der Waals surface area (Å²) in [5.41, 5.74) is -4.50. The minimum atomic E-state index is -5.75. The molecule has 0 aliphatic carbocycles. The van der Waals surface area contributed by atoms with E-state index in [-0.39, 0.29) is 6.92 Å². The fourth-order valence-corrected chi connectivity index (χ4v) is 0.724. The van der Waals surface area contributed by atoms with Crippen molar-refractivity contribution in [2.24, 2.45) is 5.41 Å². The van der Waals surface area contributed by atoms with Crippen LogP contribution in [0.5, 0.6) is 0 Å². The number of halogens is 6. The van der Waals surface area contributed by atoms with E-state index in [1.807, 2.05) is 0 Å². The van der Waals surface area contributed by atoms with E-state index in [1.165, 1.54) is 0 Å². The van der Waals surface area contributed by atoms with Gasteiger partial charge in [-0.05, 0) is 20.8 Å². The summed E-state index contributed by atoms with van der Waals surface area (Å²) in [5, 5.41) is 0. The number of esters is 1. The Kier molecular flexibility index (Phi) is 3.89. The average molecular weight is 252 g/mol. The summed E-state index contributed by atoms with van der Waals surface area (Å²) in [6, 6.07) is 0. The van der Waals surface area contributed by atoms with Crippen molar-refractivity contribution < 1.29 is 35.9 Å². The molecule has 0 saturated carbocycles. The second-order valence-electron chi connectivity index (χ2n) is 3.57. The first-order valence-corrected chi connectivity index (χ1v) is 4.18. The Balaban J connectivity index is 5.36. The van der Waals surface area contributed by atoms with Crippen LogP contribution in [0.1, 0.15) is 20.8 Å². The van der Waals surface area contributed by atoms with Gasteiger partial charge in [0.05, 0.1) is 6.10 Å². The molecule has 0 aromatic heterocycles. The van der Waals surface area contributed by atoms with Crippen molar-refractivity contribution >= 4 is 5.97 Å². The number of carbonyl (C=O) groups is 1. The zero-order chi connectivity index (χ0) is 13.4. The van der Waals surface area contributed by atoms with E-state index in [0.717, 1.165) is 13.8 Å². The maximum Gasteiger partial charge on any atom is 0.413 e. The normalized spacial score (nSPS) is 14.1. The van der Waals surface area contributed by atoms with Gasteiger partial charge < -0.3 is 4.74 Å². The third-order valence-corrected chi connectivity index (χ3v) is 1.88. The zero-order valence-electron chi connectivity index (χ0n) is 8.66. The second kappa shape index (κ2) is 4.14. The highest BCUT2D eigenvalue weighted by molar-refractivity contribution is 5.78. The van der Waals surface area contributed by atoms with E-state index >= 15 is 0 Å². The summed E-state index contributed by atoms with van der Waals surface area (Å²) >= 11 is 0. The summed E-state index contributed by atoms with van der Waals surface area (Å²) in [4.78, 5) is 10.9. The Morgan fingerprint density at radius 2 is 1.31 bits per heavy atom. The minimum Gasteiger partial charge on any atom is -0.462 e. The van der Waals surface area contributed by atoms with Gasteiger partial charge in [0.25, 0.3) is 5.41 Å². The van der Waals surface area contributed by atoms with Crippen LogP contribution in [0.15, 0.2) is 0 Å². The van der Waals surface area contributed by atoms with Gasteiger partial charge in [-0.2, -0.15) is 26.3 Å². The smallest absolute Gasteiger partial charge is 0.413 e. The van der Waals surface area contributed by atoms with Crippen LogP contribution in [0, 0.1) is 5.41 Å². The standard InChI is InChI=1S/C8H10F6O2/c1-4(2)16-5(15)6(3,7(9,10)11)8(12,13)14/h4H,1-3H3. The van der Waals surface area contributed by atoms with Gasteiger partial charge in [-0.1, -0.05) is 0 Å². The van der Waals surface area contributed by atoms with Gasteiger partial charge in [-0.25, -0.2) is 0 Å². The molecule has 0 radical (unpaired) electrons. The van der Waals surface area contributed by atoms with Gasteiger partial charge in [0, 0.05) is 0 Å². The molecule has 0 heterocycles. The van der Waals surface area contributed by atoms with E-state index in [9.17, 15) is 31.1 Å². The molecule has 0 saturated heterocycles. The molecule has 2 nitrogen and oxygen atoms in total. The average Bonchev–Trinajstić information content (AvgIpc) is 1.96. The first kappa shape index (κ1) is 15.0. The summed E-state index contributed by atoms with van der Waals surface area (Å²) in [5.74, 6) is -2.34. The quantitative estimate of drug-likeness (QED) is 0.557. The largest absolute Gasteiger partial charge is 0.462 e. The Labute approximate surface area is 87.6 Å². The molecule has 0 aliphatic heterocycles. The number of carbonyl (C=O) groups excluding carboxylic acids is 1. The molecular formula is C8H10F6O2. The van der Waals surface area contributed by atoms with Gasteiger partial charge in [0.2, 0.25) is 0 Å². The van der Waals surface area contributed by atoms with Crippen LogP contribution in [0.25, 0.3) is 0 Å². The summed E-state index contributed by atoms with van der Waals surface area (Å²) in [6.45, 7) is 2.08. The molecule has 8 heteroatoms. The maximum atomic E-state index is 12.3. The molecule has 0 rings (SSSR count). The third kappa shape index (κ3) is 2.59. The van der Waals surface area contributed by atoms with Crippen molar-refractivity contribution in [1.82, 2.24) is 0 Å². The molecule has 96 valence electrons. The summed E-state index contributed by atoms with van der Waals surface area (Å²) in [7, 11) is 0. The maximum absolute atomic E-state index is 12.3. The van der Waals surface area contributed by atoms with Crippen LogP contribution in [-0.4, -0.2) is 24.4 Å². The van der Waals surface area contributed by atoms with E-state index in [4.69, 9.17) is 0 Å². The van der Waals surface area contributed by atoms with Gasteiger partial charge in [0.1, 0.15) is 0 Å². The number of hydrogen-bond donors (Lipinski definition) is 0. The van der Waals surface area contributed by atoms with E-state index in [2.05, 4.69) is 4.74 Å². The van der Waals surface area contributed by atoms with Crippen LogP contribution in [-0.2, 0) is 9.53 Å². The molecule has 0 aliphatic rings. The molecule has 0 aromatic rings. The summed E-state index contributed by atoms with van der Waals surface area (Å²) in [6.07, 6.45) is -12.6. The molecule has 0 bridgehead atoms. The van der Waals surface area contributed by atoms with Gasteiger partial charge in [-0.15, -0.1) is 0 Å². The van der Waals surface area contributed by atoms with Crippen LogP contribution in [0.2, 0.25) is 0 Å². The molecule has 0 fully saturated rings. The Bertz CT molecular complexity index is 251. The Morgan fingerprint density at radius 1 is 1.00 bits per heavy atom. The van der Waals surface area contributed by atoms with Crippen LogP contribution in [0.4, 0.5) is 26.3 Å². The molecule has 0 spiro atoms. The van der Waals surface area contributed by atoms with Crippen molar-refractivity contribution in [1.29, 1.82) is 0 Å². The highest BCUT2D eigenvalue weighted by atomic mass is 19.4. The third-order valence-electron chi connectivity index (χ3n) is 1.88. The first-order chi connectivity index (χ1) is 6.84. The molecule has 0 amide bonds. The minimum absolute atomic E-state index is 0.238. The molecule has 0 unspecified atom stereocenters. The first-order valence-electron chi connectivity index (χ1n) is 4.18. The van der Waals surface area contributed by atoms with Crippen molar-refractivity contribution in [3.05, 3.63) is 0 Å².